The normalized spacial score (nSPS) is 9.50. The van der Waals surface area contributed by atoms with E-state index in [9.17, 15) is 0 Å². The van der Waals surface area contributed by atoms with Crippen molar-refractivity contribution in [2.75, 3.05) is 0 Å². The topological polar surface area (TPSA) is 12.9 Å². The molecule has 0 spiro atoms. The Bertz CT molecular complexity index is 555. The Balaban J connectivity index is 0.000000640. The van der Waals surface area contributed by atoms with Gasteiger partial charge in [-0.15, -0.1) is 29.7 Å². The van der Waals surface area contributed by atoms with Crippen LogP contribution in [-0.4, -0.2) is 28.0 Å². The number of pyridine rings is 1. The number of aromatic nitrogens is 1. The van der Waals surface area contributed by atoms with Gasteiger partial charge in [0.25, 0.3) is 0 Å². The Hall–Kier alpha value is -0.644. The maximum Gasteiger partial charge on any atom is 2.00 e. The first-order chi connectivity index (χ1) is 6.95. The summed E-state index contributed by atoms with van der Waals surface area (Å²) in [5, 5.41) is 3.44. The van der Waals surface area contributed by atoms with E-state index >= 15 is 0 Å². The first-order valence-electron chi connectivity index (χ1n) is 4.59. The molecule has 0 aliphatic rings. The number of fused-ring (bicyclic) bond motifs is 3. The van der Waals surface area contributed by atoms with Crippen molar-refractivity contribution in [1.29, 1.82) is 0 Å². The first kappa shape index (κ1) is 13.4. The molecule has 74 valence electrons. The summed E-state index contributed by atoms with van der Waals surface area (Å²) >= 11 is 0. The zero-order valence-corrected chi connectivity index (χ0v) is 11.7. The van der Waals surface area contributed by atoms with E-state index in [4.69, 9.17) is 0 Å². The van der Waals surface area contributed by atoms with Gasteiger partial charge in [-0.3, -0.25) is 4.98 Å². The fourth-order valence-electron chi connectivity index (χ4n) is 1.73. The Morgan fingerprint density at radius 3 is 2.69 bits per heavy atom. The van der Waals surface area contributed by atoms with Crippen molar-refractivity contribution in [1.82, 2.24) is 4.98 Å². The van der Waals surface area contributed by atoms with Crippen LogP contribution in [0, 0.1) is 6.07 Å². The molecule has 1 heterocycles. The minimum Gasteiger partial charge on any atom is -1.00 e. The van der Waals surface area contributed by atoms with Crippen molar-refractivity contribution in [2.45, 2.75) is 0 Å². The van der Waals surface area contributed by atoms with Crippen LogP contribution in [-0.2, 0) is 0 Å². The molecule has 0 amide bonds. The van der Waals surface area contributed by atoms with Gasteiger partial charge in [-0.05, 0) is 5.52 Å². The van der Waals surface area contributed by atoms with Gasteiger partial charge in [0.1, 0.15) is 0 Å². The Labute approximate surface area is 121 Å². The molecule has 3 rings (SSSR count). The van der Waals surface area contributed by atoms with Gasteiger partial charge in [0.2, 0.25) is 0 Å². The third kappa shape index (κ3) is 2.21. The largest absolute Gasteiger partial charge is 2.00 e. The summed E-state index contributed by atoms with van der Waals surface area (Å²) in [6.07, 6.45) is 1.83. The van der Waals surface area contributed by atoms with E-state index in [0.717, 1.165) is 16.3 Å². The SMILES string of the molecule is [Br-].[Mg+2].[c-]1cc2cccnc2c2ccccc12. The van der Waals surface area contributed by atoms with E-state index in [-0.39, 0.29) is 40.0 Å². The van der Waals surface area contributed by atoms with Gasteiger partial charge in [0.15, 0.2) is 0 Å². The van der Waals surface area contributed by atoms with E-state index in [1.807, 2.05) is 30.5 Å². The van der Waals surface area contributed by atoms with Crippen LogP contribution in [0.2, 0.25) is 0 Å². The summed E-state index contributed by atoms with van der Waals surface area (Å²) in [6, 6.07) is 17.5. The van der Waals surface area contributed by atoms with Crippen molar-refractivity contribution in [3.63, 3.8) is 0 Å². The predicted molar refractivity (Wildman–Crippen MR) is 63.8 cm³/mol. The fraction of sp³-hybridized carbons (Fsp3) is 0. The Kier molecular flexibility index (Phi) is 4.71. The second-order valence-electron chi connectivity index (χ2n) is 3.28. The molecule has 0 saturated carbocycles. The van der Waals surface area contributed by atoms with Gasteiger partial charge in [-0.2, -0.15) is 0 Å². The molecule has 0 N–H and O–H groups in total. The molecule has 0 unspecified atom stereocenters. The molecule has 0 atom stereocenters. The number of benzene rings is 2. The zero-order valence-electron chi connectivity index (χ0n) is 8.65. The molecule has 3 aromatic rings. The molecule has 1 nitrogen and oxygen atoms in total. The molecule has 3 heteroatoms. The Morgan fingerprint density at radius 1 is 1.00 bits per heavy atom. The van der Waals surface area contributed by atoms with Crippen LogP contribution in [0.3, 0.4) is 0 Å². The molecule has 2 aromatic carbocycles. The average Bonchev–Trinajstić information content (AvgIpc) is 2.29. The molecule has 0 fully saturated rings. The number of hydrogen-bond acceptors (Lipinski definition) is 1. The van der Waals surface area contributed by atoms with E-state index in [1.165, 1.54) is 5.39 Å². The maximum absolute atomic E-state index is 4.39. The van der Waals surface area contributed by atoms with Crippen LogP contribution in [0.15, 0.2) is 48.7 Å². The van der Waals surface area contributed by atoms with Gasteiger partial charge >= 0.3 is 23.1 Å². The van der Waals surface area contributed by atoms with Gasteiger partial charge in [0.05, 0.1) is 0 Å². The van der Waals surface area contributed by atoms with Crippen LogP contribution in [0.5, 0.6) is 0 Å². The van der Waals surface area contributed by atoms with Crippen LogP contribution >= 0.6 is 0 Å². The van der Waals surface area contributed by atoms with E-state index in [2.05, 4.69) is 29.2 Å². The maximum atomic E-state index is 4.39. The molecule has 0 saturated heterocycles. The smallest absolute Gasteiger partial charge is 1.00 e. The van der Waals surface area contributed by atoms with Crippen molar-refractivity contribution < 1.29 is 17.0 Å². The van der Waals surface area contributed by atoms with Crippen molar-refractivity contribution in [2.24, 2.45) is 0 Å². The minimum atomic E-state index is 0. The first-order valence-corrected chi connectivity index (χ1v) is 4.59. The minimum absolute atomic E-state index is 0. The van der Waals surface area contributed by atoms with E-state index in [1.54, 1.807) is 0 Å². The van der Waals surface area contributed by atoms with Gasteiger partial charge in [-0.25, -0.2) is 0 Å². The summed E-state index contributed by atoms with van der Waals surface area (Å²) in [4.78, 5) is 4.39. The second-order valence-corrected chi connectivity index (χ2v) is 3.28. The summed E-state index contributed by atoms with van der Waals surface area (Å²) in [7, 11) is 0. The number of hydrogen-bond donors (Lipinski definition) is 0. The van der Waals surface area contributed by atoms with Crippen LogP contribution < -0.4 is 17.0 Å². The third-order valence-corrected chi connectivity index (χ3v) is 2.40. The molecule has 0 bridgehead atoms. The van der Waals surface area contributed by atoms with Gasteiger partial charge < -0.3 is 17.0 Å². The van der Waals surface area contributed by atoms with Crippen LogP contribution in [0.4, 0.5) is 0 Å². The summed E-state index contributed by atoms with van der Waals surface area (Å²) in [5.41, 5.74) is 1.06. The number of rotatable bonds is 0. The molecule has 16 heavy (non-hydrogen) atoms. The third-order valence-electron chi connectivity index (χ3n) is 2.40. The molecule has 0 radical (unpaired) electrons. The molecule has 0 aliphatic carbocycles. The van der Waals surface area contributed by atoms with Crippen molar-refractivity contribution in [3.05, 3.63) is 54.7 Å². The Morgan fingerprint density at radius 2 is 1.81 bits per heavy atom. The summed E-state index contributed by atoms with van der Waals surface area (Å²) < 4.78 is 0. The standard InChI is InChI=1S/C13H8N.BrH.Mg/c1-2-6-12-10(4-1)7-8-11-5-3-9-14-13(11)12;;/h1-6,8-9H;1H;/q-1;;+2/p-1. The van der Waals surface area contributed by atoms with Gasteiger partial charge in [-0.1, -0.05) is 35.0 Å². The van der Waals surface area contributed by atoms with Crippen molar-refractivity contribution in [3.8, 4) is 0 Å². The van der Waals surface area contributed by atoms with Gasteiger partial charge in [0, 0.05) is 6.20 Å². The second kappa shape index (κ2) is 5.62. The van der Waals surface area contributed by atoms with Crippen LogP contribution in [0.25, 0.3) is 21.7 Å². The summed E-state index contributed by atoms with van der Waals surface area (Å²) in [6.45, 7) is 0. The average molecular weight is 282 g/mol. The van der Waals surface area contributed by atoms with E-state index < -0.39 is 0 Å². The fourth-order valence-corrected chi connectivity index (χ4v) is 1.73. The van der Waals surface area contributed by atoms with E-state index in [0.29, 0.717) is 0 Å². The van der Waals surface area contributed by atoms with Crippen LogP contribution in [0.1, 0.15) is 0 Å². The predicted octanol–water partition coefficient (Wildman–Crippen LogP) is -0.189. The quantitative estimate of drug-likeness (QED) is 0.316. The molecule has 0 aliphatic heterocycles. The number of halogens is 1. The zero-order chi connectivity index (χ0) is 9.38. The summed E-state index contributed by atoms with van der Waals surface area (Å²) in [5.74, 6) is 0. The molecule has 1 aromatic heterocycles. The van der Waals surface area contributed by atoms with Crippen molar-refractivity contribution >= 4 is 44.7 Å². The number of nitrogens with zero attached hydrogens (tertiary/aromatic N) is 1. The monoisotopic (exact) mass is 281 g/mol. The molecular weight excluding hydrogens is 274 g/mol. The molecular formula is C13H8BrMgN.